The molecule has 5 heteroatoms. The number of hydrogen-bond donors (Lipinski definition) is 0. The van der Waals surface area contributed by atoms with Crippen molar-refractivity contribution in [2.75, 3.05) is 6.61 Å². The molecule has 0 aromatic heterocycles. The Bertz CT molecular complexity index is 493. The number of hydrogen-bond acceptors (Lipinski definition) is 1. The second-order valence-electron chi connectivity index (χ2n) is 7.70. The summed E-state index contributed by atoms with van der Waals surface area (Å²) in [5, 5.41) is 0. The van der Waals surface area contributed by atoms with E-state index in [2.05, 4.69) is 31.2 Å². The van der Waals surface area contributed by atoms with Gasteiger partial charge in [-0.25, -0.2) is 0 Å². The van der Waals surface area contributed by atoms with Gasteiger partial charge in [-0.2, -0.15) is 0 Å². The maximum atomic E-state index is 5.89. The van der Waals surface area contributed by atoms with Gasteiger partial charge in [-0.15, -0.1) is 33.2 Å². The molecule has 0 bridgehead atoms. The van der Waals surface area contributed by atoms with Crippen molar-refractivity contribution in [3.8, 4) is 5.75 Å². The predicted octanol–water partition coefficient (Wildman–Crippen LogP) is 8.36. The number of rotatable bonds is 11. The molecule has 0 spiro atoms. The molecule has 0 unspecified atom stereocenters. The monoisotopic (exact) mass is 434 g/mol. The van der Waals surface area contributed by atoms with Crippen molar-refractivity contribution in [3.63, 3.8) is 0 Å². The summed E-state index contributed by atoms with van der Waals surface area (Å²) in [5.41, 5.74) is 1.49. The van der Waals surface area contributed by atoms with Crippen molar-refractivity contribution in [2.45, 2.75) is 83.1 Å². The van der Waals surface area contributed by atoms with Crippen molar-refractivity contribution in [1.29, 1.82) is 0 Å². The van der Waals surface area contributed by atoms with E-state index in [1.165, 1.54) is 44.1 Å². The van der Waals surface area contributed by atoms with E-state index in [0.29, 0.717) is 0 Å². The van der Waals surface area contributed by atoms with E-state index in [9.17, 15) is 0 Å². The van der Waals surface area contributed by atoms with E-state index >= 15 is 0 Å². The Kier molecular flexibility index (Phi) is 10.2. The fraction of sp³-hybridized carbons (Fsp3) is 0.714. The number of benzene rings is 1. The molecule has 26 heavy (non-hydrogen) atoms. The van der Waals surface area contributed by atoms with Gasteiger partial charge in [0.2, 0.25) is 0 Å². The van der Waals surface area contributed by atoms with E-state index in [-0.39, 0.29) is 0 Å². The summed E-state index contributed by atoms with van der Waals surface area (Å²) in [6.07, 6.45) is 12.6. The van der Waals surface area contributed by atoms with E-state index in [1.807, 2.05) is 0 Å². The molecule has 148 valence electrons. The summed E-state index contributed by atoms with van der Waals surface area (Å²) >= 11 is 17.7. The van der Waals surface area contributed by atoms with Crippen LogP contribution in [0.2, 0.25) is 6.04 Å². The maximum Gasteiger partial charge on any atom is 0.341 e. The van der Waals surface area contributed by atoms with Gasteiger partial charge in [0.1, 0.15) is 5.75 Å². The third-order valence-electron chi connectivity index (χ3n) is 5.52. The summed E-state index contributed by atoms with van der Waals surface area (Å²) in [5.74, 6) is 2.71. The zero-order valence-electron chi connectivity index (χ0n) is 16.0. The lowest BCUT2D eigenvalue weighted by Gasteiger charge is -2.28. The summed E-state index contributed by atoms with van der Waals surface area (Å²) in [6.45, 7) is 3.07. The Labute approximate surface area is 174 Å². The lowest BCUT2D eigenvalue weighted by molar-refractivity contribution is 0.302. The minimum absolute atomic E-state index is 0.749. The van der Waals surface area contributed by atoms with Crippen LogP contribution in [-0.4, -0.2) is 12.6 Å². The molecule has 0 saturated heterocycles. The number of unbranched alkanes of at least 4 members (excludes halogenated alkanes) is 3. The Morgan fingerprint density at radius 2 is 1.58 bits per heavy atom. The van der Waals surface area contributed by atoms with Crippen LogP contribution in [0.3, 0.4) is 0 Å². The van der Waals surface area contributed by atoms with Crippen LogP contribution in [0.25, 0.3) is 0 Å². The highest BCUT2D eigenvalue weighted by atomic mass is 35.8. The standard InChI is InChI=1S/C21H33Cl3OSi/c1-2-7-18-8-10-19(11-9-18)20-12-14-21(15-13-20)25-16-5-3-4-6-17-26(22,23)24/h12-15,18-19H,2-11,16-17H2,1H3/t18-,19-. The van der Waals surface area contributed by atoms with E-state index in [0.717, 1.165) is 55.9 Å². The van der Waals surface area contributed by atoms with Crippen molar-refractivity contribution >= 4 is 39.2 Å². The summed E-state index contributed by atoms with van der Waals surface area (Å²) in [7, 11) is 0. The molecule has 0 amide bonds. The second kappa shape index (κ2) is 11.8. The van der Waals surface area contributed by atoms with Crippen LogP contribution in [-0.2, 0) is 0 Å². The normalized spacial score (nSPS) is 20.9. The van der Waals surface area contributed by atoms with Gasteiger partial charge in [0.25, 0.3) is 0 Å². The SMILES string of the molecule is CCC[C@H]1CC[C@H](c2ccc(OCCCCCC[Si](Cl)(Cl)Cl)cc2)CC1. The first-order valence-corrected chi connectivity index (χ1v) is 15.5. The molecule has 1 fully saturated rings. The zero-order chi connectivity index (χ0) is 18.8. The van der Waals surface area contributed by atoms with Crippen LogP contribution in [0.1, 0.15) is 82.6 Å². The molecular formula is C21H33Cl3OSi. The first-order valence-electron chi connectivity index (χ1n) is 10.3. The Morgan fingerprint density at radius 3 is 2.19 bits per heavy atom. The van der Waals surface area contributed by atoms with Crippen LogP contribution >= 0.6 is 33.2 Å². The van der Waals surface area contributed by atoms with Crippen LogP contribution in [0.4, 0.5) is 0 Å². The molecule has 0 aliphatic heterocycles. The fourth-order valence-electron chi connectivity index (χ4n) is 4.00. The first-order chi connectivity index (χ1) is 12.5. The van der Waals surface area contributed by atoms with Gasteiger partial charge >= 0.3 is 6.00 Å². The Morgan fingerprint density at radius 1 is 0.923 bits per heavy atom. The third-order valence-corrected chi connectivity index (χ3v) is 8.14. The van der Waals surface area contributed by atoms with E-state index in [4.69, 9.17) is 38.0 Å². The largest absolute Gasteiger partial charge is 0.494 e. The molecule has 1 aromatic rings. The lowest BCUT2D eigenvalue weighted by atomic mass is 9.77. The Hall–Kier alpha value is 0.107. The van der Waals surface area contributed by atoms with Gasteiger partial charge in [0.15, 0.2) is 0 Å². The maximum absolute atomic E-state index is 5.89. The smallest absolute Gasteiger partial charge is 0.341 e. The molecule has 1 aliphatic carbocycles. The van der Waals surface area contributed by atoms with E-state index in [1.54, 1.807) is 0 Å². The molecule has 1 nitrogen and oxygen atoms in total. The summed E-state index contributed by atoms with van der Waals surface area (Å²) in [6, 6.07) is 7.16. The highest BCUT2D eigenvalue weighted by Crippen LogP contribution is 2.37. The van der Waals surface area contributed by atoms with Gasteiger partial charge in [-0.1, -0.05) is 51.2 Å². The van der Waals surface area contributed by atoms with Gasteiger partial charge in [-0.05, 0) is 67.7 Å². The van der Waals surface area contributed by atoms with Crippen LogP contribution in [0.5, 0.6) is 5.75 Å². The van der Waals surface area contributed by atoms with E-state index < -0.39 is 6.00 Å². The first kappa shape index (κ1) is 22.4. The molecule has 0 heterocycles. The molecule has 0 atom stereocenters. The van der Waals surface area contributed by atoms with Gasteiger partial charge < -0.3 is 4.74 Å². The number of ether oxygens (including phenoxy) is 1. The lowest BCUT2D eigenvalue weighted by Crippen LogP contribution is -2.13. The van der Waals surface area contributed by atoms with Crippen LogP contribution in [0, 0.1) is 5.92 Å². The average Bonchev–Trinajstić information content (AvgIpc) is 2.61. The molecule has 1 aliphatic rings. The molecular weight excluding hydrogens is 403 g/mol. The summed E-state index contributed by atoms with van der Waals surface area (Å²) < 4.78 is 5.88. The summed E-state index contributed by atoms with van der Waals surface area (Å²) in [4.78, 5) is 0. The second-order valence-corrected chi connectivity index (χ2v) is 17.0. The molecule has 1 aromatic carbocycles. The van der Waals surface area contributed by atoms with Gasteiger partial charge in [-0.3, -0.25) is 0 Å². The van der Waals surface area contributed by atoms with Crippen molar-refractivity contribution in [3.05, 3.63) is 29.8 Å². The quantitative estimate of drug-likeness (QED) is 0.193. The number of halogens is 3. The molecule has 0 radical (unpaired) electrons. The van der Waals surface area contributed by atoms with Crippen molar-refractivity contribution in [2.24, 2.45) is 5.92 Å². The minimum Gasteiger partial charge on any atom is -0.494 e. The highest BCUT2D eigenvalue weighted by Gasteiger charge is 2.23. The highest BCUT2D eigenvalue weighted by molar-refractivity contribution is 7.64. The molecule has 2 rings (SSSR count). The average molecular weight is 436 g/mol. The Balaban J connectivity index is 1.61. The van der Waals surface area contributed by atoms with Crippen molar-refractivity contribution in [1.82, 2.24) is 0 Å². The topological polar surface area (TPSA) is 9.23 Å². The van der Waals surface area contributed by atoms with Crippen LogP contribution < -0.4 is 4.74 Å². The predicted molar refractivity (Wildman–Crippen MR) is 118 cm³/mol. The molecule has 1 saturated carbocycles. The van der Waals surface area contributed by atoms with Gasteiger partial charge in [0, 0.05) is 0 Å². The van der Waals surface area contributed by atoms with Gasteiger partial charge in [0.05, 0.1) is 6.61 Å². The third kappa shape index (κ3) is 8.86. The fourth-order valence-corrected chi connectivity index (χ4v) is 5.85. The minimum atomic E-state index is -2.42. The zero-order valence-corrected chi connectivity index (χ0v) is 19.3. The van der Waals surface area contributed by atoms with Crippen molar-refractivity contribution < 1.29 is 4.74 Å². The van der Waals surface area contributed by atoms with Crippen LogP contribution in [0.15, 0.2) is 24.3 Å². The molecule has 0 N–H and O–H groups in total.